The van der Waals surface area contributed by atoms with Crippen molar-refractivity contribution in [3.05, 3.63) is 71.0 Å². The Balaban J connectivity index is 2.11. The van der Waals surface area contributed by atoms with Gasteiger partial charge < -0.3 is 4.74 Å². The Morgan fingerprint density at radius 3 is 2.61 bits per heavy atom. The van der Waals surface area contributed by atoms with Gasteiger partial charge in [0.15, 0.2) is 0 Å². The van der Waals surface area contributed by atoms with Crippen LogP contribution in [0.25, 0.3) is 5.69 Å². The van der Waals surface area contributed by atoms with Crippen molar-refractivity contribution in [1.82, 2.24) is 4.57 Å². The van der Waals surface area contributed by atoms with Gasteiger partial charge in [-0.2, -0.15) is 8.42 Å². The molecule has 0 saturated carbocycles. The average molecular weight is 346 g/mol. The third kappa shape index (κ3) is 3.35. The summed E-state index contributed by atoms with van der Waals surface area (Å²) in [5.74, 6) is 0.693. The van der Waals surface area contributed by atoms with Crippen LogP contribution in [0, 0.1) is 0 Å². The monoisotopic (exact) mass is 346 g/mol. The van der Waals surface area contributed by atoms with Crippen molar-refractivity contribution in [2.45, 2.75) is 4.90 Å². The average Bonchev–Trinajstić information content (AvgIpc) is 3.03. The fourth-order valence-electron chi connectivity index (χ4n) is 2.04. The molecular formula is C16H14N2O3S2. The molecule has 1 aromatic heterocycles. The third-order valence-corrected chi connectivity index (χ3v) is 5.31. The van der Waals surface area contributed by atoms with Crippen molar-refractivity contribution < 1.29 is 13.2 Å². The number of thiazole rings is 1. The van der Waals surface area contributed by atoms with Crippen LogP contribution in [0.4, 0.5) is 0 Å². The Kier molecular flexibility index (Phi) is 4.31. The first-order chi connectivity index (χ1) is 11.1. The van der Waals surface area contributed by atoms with E-state index in [4.69, 9.17) is 4.74 Å². The van der Waals surface area contributed by atoms with E-state index in [-0.39, 0.29) is 4.90 Å². The lowest BCUT2D eigenvalue weighted by atomic mass is 10.3. The Morgan fingerprint density at radius 2 is 1.87 bits per heavy atom. The van der Waals surface area contributed by atoms with Crippen molar-refractivity contribution in [2.24, 2.45) is 4.40 Å². The van der Waals surface area contributed by atoms with Crippen molar-refractivity contribution in [1.29, 1.82) is 0 Å². The minimum atomic E-state index is -3.75. The highest BCUT2D eigenvalue weighted by atomic mass is 32.2. The maximum Gasteiger partial charge on any atom is 0.285 e. The predicted molar refractivity (Wildman–Crippen MR) is 89.4 cm³/mol. The van der Waals surface area contributed by atoms with Gasteiger partial charge in [0, 0.05) is 17.6 Å². The number of hydrogen-bond donors (Lipinski definition) is 0. The number of aromatic nitrogens is 1. The molecule has 2 aromatic carbocycles. The molecule has 0 amide bonds. The molecule has 23 heavy (non-hydrogen) atoms. The molecule has 0 aliphatic heterocycles. The second-order valence-electron chi connectivity index (χ2n) is 4.64. The van der Waals surface area contributed by atoms with Crippen molar-refractivity contribution in [2.75, 3.05) is 7.11 Å². The summed E-state index contributed by atoms with van der Waals surface area (Å²) >= 11 is 1.26. The predicted octanol–water partition coefficient (Wildman–Crippen LogP) is 2.84. The van der Waals surface area contributed by atoms with E-state index < -0.39 is 10.0 Å². The fourth-order valence-corrected chi connectivity index (χ4v) is 3.99. The number of sulfonamides is 1. The smallest absolute Gasteiger partial charge is 0.285 e. The van der Waals surface area contributed by atoms with Crippen LogP contribution in [0.15, 0.2) is 75.5 Å². The zero-order valence-corrected chi connectivity index (χ0v) is 13.9. The first-order valence-electron chi connectivity index (χ1n) is 6.77. The molecule has 0 aliphatic rings. The summed E-state index contributed by atoms with van der Waals surface area (Å²) in [7, 11) is -2.16. The highest BCUT2D eigenvalue weighted by molar-refractivity contribution is 7.90. The Labute approximate surface area is 138 Å². The zero-order chi connectivity index (χ0) is 16.3. The molecule has 3 rings (SSSR count). The van der Waals surface area contributed by atoms with E-state index in [0.717, 1.165) is 5.69 Å². The van der Waals surface area contributed by atoms with E-state index in [1.807, 2.05) is 24.3 Å². The molecule has 0 radical (unpaired) electrons. The first-order valence-corrected chi connectivity index (χ1v) is 9.09. The van der Waals surface area contributed by atoms with Crippen molar-refractivity contribution in [3.63, 3.8) is 0 Å². The lowest BCUT2D eigenvalue weighted by Gasteiger charge is -2.05. The second kappa shape index (κ2) is 6.39. The van der Waals surface area contributed by atoms with Gasteiger partial charge in [0.2, 0.25) is 4.80 Å². The lowest BCUT2D eigenvalue weighted by Crippen LogP contribution is -2.15. The molecule has 0 N–H and O–H groups in total. The van der Waals surface area contributed by atoms with Crippen LogP contribution in [-0.2, 0) is 10.0 Å². The molecule has 118 valence electrons. The molecule has 0 unspecified atom stereocenters. The summed E-state index contributed by atoms with van der Waals surface area (Å²) in [6.45, 7) is 0. The minimum Gasteiger partial charge on any atom is -0.497 e. The van der Waals surface area contributed by atoms with Gasteiger partial charge in [0.05, 0.1) is 17.7 Å². The van der Waals surface area contributed by atoms with E-state index >= 15 is 0 Å². The van der Waals surface area contributed by atoms with Gasteiger partial charge >= 0.3 is 0 Å². The number of nitrogens with zero attached hydrogens (tertiary/aromatic N) is 2. The summed E-state index contributed by atoms with van der Waals surface area (Å²) in [4.78, 5) is 0.549. The summed E-state index contributed by atoms with van der Waals surface area (Å²) < 4.78 is 35.7. The van der Waals surface area contributed by atoms with E-state index in [9.17, 15) is 8.42 Å². The number of methoxy groups -OCH3 is 1. The number of rotatable bonds is 4. The van der Waals surface area contributed by atoms with Gasteiger partial charge in [-0.25, -0.2) is 0 Å². The van der Waals surface area contributed by atoms with Gasteiger partial charge in [-0.3, -0.25) is 4.57 Å². The summed E-state index contributed by atoms with van der Waals surface area (Å²) in [6.07, 6.45) is 1.78. The first kappa shape index (κ1) is 15.5. The Hall–Kier alpha value is -2.38. The summed E-state index contributed by atoms with van der Waals surface area (Å²) in [6, 6.07) is 15.5. The quantitative estimate of drug-likeness (QED) is 0.730. The van der Waals surface area contributed by atoms with E-state index in [1.165, 1.54) is 23.5 Å². The minimum absolute atomic E-state index is 0.172. The van der Waals surface area contributed by atoms with Crippen LogP contribution in [-0.4, -0.2) is 20.1 Å². The standard InChI is InChI=1S/C16H14N2O3S2/c1-21-14-7-5-6-13(12-14)18-10-11-22-16(18)17-23(19,20)15-8-3-2-4-9-15/h2-12H,1H3/b17-16+. The molecule has 0 bridgehead atoms. The van der Waals surface area contributed by atoms with Crippen LogP contribution >= 0.6 is 11.3 Å². The molecule has 1 heterocycles. The van der Waals surface area contributed by atoms with Gasteiger partial charge in [-0.05, 0) is 24.3 Å². The third-order valence-electron chi connectivity index (χ3n) is 3.16. The maximum atomic E-state index is 12.4. The van der Waals surface area contributed by atoms with Gasteiger partial charge in [0.25, 0.3) is 10.0 Å². The van der Waals surface area contributed by atoms with Gasteiger partial charge in [-0.15, -0.1) is 15.7 Å². The van der Waals surface area contributed by atoms with Crippen molar-refractivity contribution in [3.8, 4) is 11.4 Å². The number of benzene rings is 2. The summed E-state index contributed by atoms with van der Waals surface area (Å²) in [5, 5.41) is 1.79. The fraction of sp³-hybridized carbons (Fsp3) is 0.0625. The molecule has 0 aliphatic carbocycles. The second-order valence-corrected chi connectivity index (χ2v) is 7.11. The highest BCUT2D eigenvalue weighted by Crippen LogP contribution is 2.16. The molecule has 7 heteroatoms. The largest absolute Gasteiger partial charge is 0.497 e. The Morgan fingerprint density at radius 1 is 1.09 bits per heavy atom. The molecule has 0 saturated heterocycles. The van der Waals surface area contributed by atoms with Crippen LogP contribution in [0.3, 0.4) is 0 Å². The molecule has 5 nitrogen and oxygen atoms in total. The van der Waals surface area contributed by atoms with Crippen molar-refractivity contribution >= 4 is 21.4 Å². The van der Waals surface area contributed by atoms with Crippen LogP contribution < -0.4 is 9.54 Å². The summed E-state index contributed by atoms with van der Waals surface area (Å²) in [5.41, 5.74) is 0.785. The SMILES string of the molecule is COc1cccc(-n2ccs/c2=N/S(=O)(=O)c2ccccc2)c1. The maximum absolute atomic E-state index is 12.4. The molecule has 0 spiro atoms. The topological polar surface area (TPSA) is 60.7 Å². The van der Waals surface area contributed by atoms with Crippen LogP contribution in [0.2, 0.25) is 0 Å². The van der Waals surface area contributed by atoms with Crippen LogP contribution in [0.5, 0.6) is 5.75 Å². The van der Waals surface area contributed by atoms with Gasteiger partial charge in [-0.1, -0.05) is 24.3 Å². The normalized spacial score (nSPS) is 12.3. The van der Waals surface area contributed by atoms with E-state index in [0.29, 0.717) is 10.6 Å². The van der Waals surface area contributed by atoms with E-state index in [2.05, 4.69) is 4.40 Å². The van der Waals surface area contributed by atoms with Gasteiger partial charge in [0.1, 0.15) is 5.75 Å². The Bertz CT molecular complexity index is 974. The number of ether oxygens (including phenoxy) is 1. The highest BCUT2D eigenvalue weighted by Gasteiger charge is 2.12. The molecular weight excluding hydrogens is 332 g/mol. The molecule has 3 aromatic rings. The van der Waals surface area contributed by atoms with Crippen LogP contribution in [0.1, 0.15) is 0 Å². The zero-order valence-electron chi connectivity index (χ0n) is 12.3. The number of hydrogen-bond acceptors (Lipinski definition) is 4. The molecule has 0 fully saturated rings. The lowest BCUT2D eigenvalue weighted by molar-refractivity contribution is 0.414. The molecule has 0 atom stereocenters. The van der Waals surface area contributed by atoms with E-state index in [1.54, 1.807) is 41.5 Å².